The molecule has 124 valence electrons. The Morgan fingerprint density at radius 3 is 2.39 bits per heavy atom. The van der Waals surface area contributed by atoms with E-state index in [-0.39, 0.29) is 18.0 Å². The molecule has 0 atom stereocenters. The first-order valence-corrected chi connectivity index (χ1v) is 8.89. The second-order valence-electron chi connectivity index (χ2n) is 5.34. The molecule has 0 aliphatic rings. The van der Waals surface area contributed by atoms with Crippen molar-refractivity contribution in [1.29, 1.82) is 0 Å². The number of hydrogen-bond acceptors (Lipinski definition) is 3. The molecule has 0 bridgehead atoms. The molecule has 2 rings (SSSR count). The molecular formula is C17H21FN2O2S. The first kappa shape index (κ1) is 17.6. The molecule has 4 nitrogen and oxygen atoms in total. The Bertz CT molecular complexity index is 748. The number of sulfonamides is 1. The number of nitrogens with zero attached hydrogens (tertiary/aromatic N) is 1. The van der Waals surface area contributed by atoms with Crippen LogP contribution in [0.3, 0.4) is 0 Å². The van der Waals surface area contributed by atoms with Crippen molar-refractivity contribution < 1.29 is 12.8 Å². The highest BCUT2D eigenvalue weighted by molar-refractivity contribution is 7.89. The summed E-state index contributed by atoms with van der Waals surface area (Å²) in [5.74, 6) is -0.448. The zero-order valence-corrected chi connectivity index (χ0v) is 13.9. The third-order valence-electron chi connectivity index (χ3n) is 3.63. The van der Waals surface area contributed by atoms with Gasteiger partial charge in [-0.3, -0.25) is 0 Å². The van der Waals surface area contributed by atoms with Crippen molar-refractivity contribution in [2.45, 2.75) is 18.2 Å². The van der Waals surface area contributed by atoms with E-state index in [0.717, 1.165) is 11.6 Å². The number of halogens is 1. The predicted molar refractivity (Wildman–Crippen MR) is 89.1 cm³/mol. The van der Waals surface area contributed by atoms with Gasteiger partial charge < -0.3 is 5.73 Å². The molecule has 0 radical (unpaired) electrons. The van der Waals surface area contributed by atoms with Crippen LogP contribution in [0.5, 0.6) is 0 Å². The molecule has 0 unspecified atom stereocenters. The van der Waals surface area contributed by atoms with Gasteiger partial charge in [0.05, 0.1) is 4.90 Å². The van der Waals surface area contributed by atoms with Crippen LogP contribution in [0, 0.1) is 12.7 Å². The number of rotatable bonds is 7. The van der Waals surface area contributed by atoms with Crippen LogP contribution in [-0.2, 0) is 16.4 Å². The molecule has 2 N–H and O–H groups in total. The maximum Gasteiger partial charge on any atom is 0.243 e. The van der Waals surface area contributed by atoms with Crippen molar-refractivity contribution in [3.8, 4) is 0 Å². The van der Waals surface area contributed by atoms with Gasteiger partial charge in [0.1, 0.15) is 5.82 Å². The van der Waals surface area contributed by atoms with E-state index < -0.39 is 15.8 Å². The van der Waals surface area contributed by atoms with Crippen molar-refractivity contribution in [3.63, 3.8) is 0 Å². The smallest absolute Gasteiger partial charge is 0.243 e. The van der Waals surface area contributed by atoms with Gasteiger partial charge in [0.15, 0.2) is 0 Å². The van der Waals surface area contributed by atoms with Crippen LogP contribution < -0.4 is 5.73 Å². The average molecular weight is 336 g/mol. The quantitative estimate of drug-likeness (QED) is 0.844. The lowest BCUT2D eigenvalue weighted by molar-refractivity contribution is 0.421. The Hall–Kier alpha value is -1.76. The fourth-order valence-corrected chi connectivity index (χ4v) is 4.10. The molecule has 0 saturated carbocycles. The highest BCUT2D eigenvalue weighted by atomic mass is 32.2. The molecule has 0 amide bonds. The maximum atomic E-state index is 13.2. The maximum absolute atomic E-state index is 13.2. The highest BCUT2D eigenvalue weighted by Gasteiger charge is 2.25. The summed E-state index contributed by atoms with van der Waals surface area (Å²) in [6.07, 6.45) is 0.598. The highest BCUT2D eigenvalue weighted by Crippen LogP contribution is 2.21. The molecule has 0 aromatic heterocycles. The summed E-state index contributed by atoms with van der Waals surface area (Å²) < 4.78 is 40.2. The van der Waals surface area contributed by atoms with Gasteiger partial charge in [-0.2, -0.15) is 4.31 Å². The first-order valence-electron chi connectivity index (χ1n) is 7.45. The Morgan fingerprint density at radius 2 is 1.78 bits per heavy atom. The van der Waals surface area contributed by atoms with Gasteiger partial charge in [0.25, 0.3) is 0 Å². The van der Waals surface area contributed by atoms with Gasteiger partial charge in [-0.25, -0.2) is 12.8 Å². The SMILES string of the molecule is Cc1cc(F)ccc1S(=O)(=O)N(CCN)CCc1ccccc1. The van der Waals surface area contributed by atoms with E-state index in [1.165, 1.54) is 16.4 Å². The molecule has 0 heterocycles. The molecule has 0 spiro atoms. The van der Waals surface area contributed by atoms with Crippen molar-refractivity contribution in [2.24, 2.45) is 5.73 Å². The number of hydrogen-bond donors (Lipinski definition) is 1. The molecule has 0 aliphatic carbocycles. The summed E-state index contributed by atoms with van der Waals surface area (Å²) in [6.45, 7) is 2.38. The molecule has 2 aromatic rings. The third kappa shape index (κ3) is 4.37. The van der Waals surface area contributed by atoms with Gasteiger partial charge >= 0.3 is 0 Å². The fraction of sp³-hybridized carbons (Fsp3) is 0.294. The van der Waals surface area contributed by atoms with Crippen LogP contribution in [-0.4, -0.2) is 32.4 Å². The Balaban J connectivity index is 2.24. The third-order valence-corrected chi connectivity index (χ3v) is 5.68. The number of aryl methyl sites for hydroxylation is 1. The van der Waals surface area contributed by atoms with Gasteiger partial charge in [0, 0.05) is 19.6 Å². The van der Waals surface area contributed by atoms with Gasteiger partial charge in [-0.15, -0.1) is 0 Å². The van der Waals surface area contributed by atoms with Crippen LogP contribution >= 0.6 is 0 Å². The van der Waals surface area contributed by atoms with E-state index >= 15 is 0 Å². The Morgan fingerprint density at radius 1 is 1.09 bits per heavy atom. The Kier molecular flexibility index (Phi) is 5.87. The second-order valence-corrected chi connectivity index (χ2v) is 7.24. The minimum Gasteiger partial charge on any atom is -0.329 e. The monoisotopic (exact) mass is 336 g/mol. The van der Waals surface area contributed by atoms with Gasteiger partial charge in [0.2, 0.25) is 10.0 Å². The average Bonchev–Trinajstić information content (AvgIpc) is 2.52. The summed E-state index contributed by atoms with van der Waals surface area (Å²) in [6, 6.07) is 13.4. The predicted octanol–water partition coefficient (Wildman–Crippen LogP) is 2.33. The zero-order chi connectivity index (χ0) is 16.9. The van der Waals surface area contributed by atoms with E-state index in [2.05, 4.69) is 0 Å². The fourth-order valence-electron chi connectivity index (χ4n) is 2.44. The largest absolute Gasteiger partial charge is 0.329 e. The van der Waals surface area contributed by atoms with Crippen LogP contribution in [0.1, 0.15) is 11.1 Å². The molecular weight excluding hydrogens is 315 g/mol. The van der Waals surface area contributed by atoms with E-state index in [0.29, 0.717) is 18.5 Å². The van der Waals surface area contributed by atoms with Gasteiger partial charge in [-0.1, -0.05) is 30.3 Å². The normalized spacial score (nSPS) is 11.8. The zero-order valence-electron chi connectivity index (χ0n) is 13.1. The second kappa shape index (κ2) is 7.68. The standard InChI is InChI=1S/C17H21FN2O2S/c1-14-13-16(18)7-8-17(14)23(21,22)20(12-10-19)11-9-15-5-3-2-4-6-15/h2-8,13H,9-12,19H2,1H3. The van der Waals surface area contributed by atoms with E-state index in [9.17, 15) is 12.8 Å². The lowest BCUT2D eigenvalue weighted by Gasteiger charge is -2.22. The minimum atomic E-state index is -3.69. The number of benzene rings is 2. The van der Waals surface area contributed by atoms with Crippen LogP contribution in [0.4, 0.5) is 4.39 Å². The van der Waals surface area contributed by atoms with Crippen LogP contribution in [0.25, 0.3) is 0 Å². The summed E-state index contributed by atoms with van der Waals surface area (Å²) >= 11 is 0. The van der Waals surface area contributed by atoms with Gasteiger partial charge in [-0.05, 0) is 42.7 Å². The van der Waals surface area contributed by atoms with Crippen molar-refractivity contribution in [3.05, 3.63) is 65.5 Å². The van der Waals surface area contributed by atoms with Crippen molar-refractivity contribution in [2.75, 3.05) is 19.6 Å². The molecule has 6 heteroatoms. The van der Waals surface area contributed by atoms with E-state index in [1.807, 2.05) is 30.3 Å². The topological polar surface area (TPSA) is 63.4 Å². The molecule has 0 saturated heterocycles. The minimum absolute atomic E-state index is 0.125. The summed E-state index contributed by atoms with van der Waals surface area (Å²) in [5, 5.41) is 0. The summed E-state index contributed by atoms with van der Waals surface area (Å²) in [5.41, 5.74) is 7.02. The lowest BCUT2D eigenvalue weighted by atomic mass is 10.1. The lowest BCUT2D eigenvalue weighted by Crippen LogP contribution is -2.37. The van der Waals surface area contributed by atoms with E-state index in [4.69, 9.17) is 5.73 Å². The van der Waals surface area contributed by atoms with Crippen molar-refractivity contribution >= 4 is 10.0 Å². The first-order chi connectivity index (χ1) is 10.9. The van der Waals surface area contributed by atoms with Crippen LogP contribution in [0.15, 0.2) is 53.4 Å². The molecule has 23 heavy (non-hydrogen) atoms. The molecule has 2 aromatic carbocycles. The van der Waals surface area contributed by atoms with Crippen LogP contribution in [0.2, 0.25) is 0 Å². The molecule has 0 fully saturated rings. The summed E-state index contributed by atoms with van der Waals surface area (Å²) in [7, 11) is -3.69. The number of nitrogens with two attached hydrogens (primary N) is 1. The van der Waals surface area contributed by atoms with E-state index in [1.54, 1.807) is 6.92 Å². The van der Waals surface area contributed by atoms with Crippen molar-refractivity contribution in [1.82, 2.24) is 4.31 Å². The summed E-state index contributed by atoms with van der Waals surface area (Å²) in [4.78, 5) is 0.125. The Labute approximate surface area is 136 Å². The molecule has 0 aliphatic heterocycles.